The molecule has 0 aliphatic heterocycles. The minimum absolute atomic E-state index is 0.0486. The summed E-state index contributed by atoms with van der Waals surface area (Å²) in [6, 6.07) is 0. The van der Waals surface area contributed by atoms with Gasteiger partial charge in [0.25, 0.3) is 5.56 Å². The van der Waals surface area contributed by atoms with Crippen LogP contribution in [0.15, 0.2) is 4.79 Å². The van der Waals surface area contributed by atoms with Gasteiger partial charge in [0, 0.05) is 5.92 Å². The molecule has 18 heavy (non-hydrogen) atoms. The van der Waals surface area contributed by atoms with Crippen molar-refractivity contribution in [1.29, 1.82) is 0 Å². The molecule has 2 N–H and O–H groups in total. The van der Waals surface area contributed by atoms with Gasteiger partial charge in [-0.15, -0.1) is 0 Å². The topological polar surface area (TPSA) is 66.0 Å². The second-order valence-electron chi connectivity index (χ2n) is 5.18. The molecular formula is C14H22N2O2. The van der Waals surface area contributed by atoms with E-state index in [0.29, 0.717) is 11.4 Å². The number of aromatic nitrogens is 2. The van der Waals surface area contributed by atoms with Crippen LogP contribution in [0.1, 0.15) is 75.6 Å². The molecule has 4 heteroatoms. The zero-order chi connectivity index (χ0) is 13.1. The normalized spacial score (nSPS) is 16.6. The molecule has 1 aliphatic rings. The largest absolute Gasteiger partial charge is 0.493 e. The molecule has 0 atom stereocenters. The Morgan fingerprint density at radius 1 is 1.33 bits per heavy atom. The van der Waals surface area contributed by atoms with Crippen LogP contribution in [-0.2, 0) is 0 Å². The van der Waals surface area contributed by atoms with E-state index in [0.717, 1.165) is 38.5 Å². The third kappa shape index (κ3) is 2.42. The third-order valence-corrected chi connectivity index (χ3v) is 4.09. The van der Waals surface area contributed by atoms with Gasteiger partial charge in [-0.1, -0.05) is 26.7 Å². The average Bonchev–Trinajstić information content (AvgIpc) is 2.83. The van der Waals surface area contributed by atoms with Crippen molar-refractivity contribution in [2.45, 2.75) is 64.2 Å². The molecule has 0 unspecified atom stereocenters. The van der Waals surface area contributed by atoms with Crippen LogP contribution in [0.3, 0.4) is 0 Å². The molecule has 0 amide bonds. The van der Waals surface area contributed by atoms with Crippen molar-refractivity contribution in [2.75, 3.05) is 0 Å². The van der Waals surface area contributed by atoms with E-state index in [1.165, 1.54) is 0 Å². The van der Waals surface area contributed by atoms with Crippen molar-refractivity contribution in [3.05, 3.63) is 21.7 Å². The standard InChI is InChI=1S/C14H22N2O2/c1-3-9(4-2)12-15-13(17)11(14(18)16-12)10-7-5-6-8-10/h9-10H,3-8H2,1-2H3,(H2,15,16,17,18). The van der Waals surface area contributed by atoms with Gasteiger partial charge in [-0.3, -0.25) is 4.79 Å². The second kappa shape index (κ2) is 5.55. The van der Waals surface area contributed by atoms with Gasteiger partial charge in [0.05, 0.1) is 5.56 Å². The van der Waals surface area contributed by atoms with E-state index in [1.807, 2.05) is 0 Å². The lowest BCUT2D eigenvalue weighted by atomic mass is 9.98. The number of hydrogen-bond donors (Lipinski definition) is 2. The second-order valence-corrected chi connectivity index (χ2v) is 5.18. The fourth-order valence-electron chi connectivity index (χ4n) is 2.94. The maximum Gasteiger partial charge on any atom is 0.258 e. The highest BCUT2D eigenvalue weighted by molar-refractivity contribution is 5.28. The summed E-state index contributed by atoms with van der Waals surface area (Å²) in [6.45, 7) is 4.13. The highest BCUT2D eigenvalue weighted by Crippen LogP contribution is 2.35. The Bertz CT molecular complexity index is 457. The monoisotopic (exact) mass is 250 g/mol. The first-order chi connectivity index (χ1) is 8.67. The fourth-order valence-corrected chi connectivity index (χ4v) is 2.94. The lowest BCUT2D eigenvalue weighted by Gasteiger charge is -2.15. The van der Waals surface area contributed by atoms with Gasteiger partial charge in [-0.05, 0) is 31.6 Å². The Kier molecular flexibility index (Phi) is 4.04. The van der Waals surface area contributed by atoms with Crippen molar-refractivity contribution in [1.82, 2.24) is 9.97 Å². The first-order valence-electron chi connectivity index (χ1n) is 7.00. The number of aromatic hydroxyl groups is 1. The molecule has 1 aromatic rings. The van der Waals surface area contributed by atoms with Gasteiger partial charge >= 0.3 is 0 Å². The van der Waals surface area contributed by atoms with Crippen molar-refractivity contribution in [3.8, 4) is 5.88 Å². The highest BCUT2D eigenvalue weighted by Gasteiger charge is 2.25. The highest BCUT2D eigenvalue weighted by atomic mass is 16.3. The van der Waals surface area contributed by atoms with Crippen molar-refractivity contribution >= 4 is 0 Å². The Balaban J connectivity index is 2.37. The Hall–Kier alpha value is -1.32. The molecule has 1 saturated carbocycles. The van der Waals surface area contributed by atoms with Gasteiger partial charge in [-0.2, -0.15) is 4.98 Å². The summed E-state index contributed by atoms with van der Waals surface area (Å²) >= 11 is 0. The molecule has 1 heterocycles. The minimum atomic E-state index is -0.142. The Morgan fingerprint density at radius 2 is 1.94 bits per heavy atom. The Morgan fingerprint density at radius 3 is 2.44 bits per heavy atom. The van der Waals surface area contributed by atoms with Gasteiger partial charge in [0.1, 0.15) is 5.82 Å². The molecule has 0 radical (unpaired) electrons. The summed E-state index contributed by atoms with van der Waals surface area (Å²) < 4.78 is 0. The quantitative estimate of drug-likeness (QED) is 0.863. The molecule has 0 aromatic carbocycles. The molecule has 0 spiro atoms. The number of aromatic amines is 1. The first-order valence-corrected chi connectivity index (χ1v) is 7.00. The first kappa shape index (κ1) is 13.1. The summed E-state index contributed by atoms with van der Waals surface area (Å²) in [5.41, 5.74) is 0.360. The van der Waals surface area contributed by atoms with E-state index in [1.54, 1.807) is 0 Å². The number of H-pyrrole nitrogens is 1. The summed E-state index contributed by atoms with van der Waals surface area (Å²) in [4.78, 5) is 19.2. The maximum absolute atomic E-state index is 12.1. The van der Waals surface area contributed by atoms with E-state index < -0.39 is 0 Å². The van der Waals surface area contributed by atoms with Crippen LogP contribution in [0, 0.1) is 0 Å². The van der Waals surface area contributed by atoms with Crippen LogP contribution in [-0.4, -0.2) is 15.1 Å². The van der Waals surface area contributed by atoms with Crippen LogP contribution in [0.5, 0.6) is 5.88 Å². The predicted molar refractivity (Wildman–Crippen MR) is 71.1 cm³/mol. The van der Waals surface area contributed by atoms with E-state index >= 15 is 0 Å². The lowest BCUT2D eigenvalue weighted by Crippen LogP contribution is -2.20. The molecular weight excluding hydrogens is 228 g/mol. The van der Waals surface area contributed by atoms with Gasteiger partial charge in [-0.25, -0.2) is 0 Å². The molecule has 4 nitrogen and oxygen atoms in total. The molecule has 0 bridgehead atoms. The number of rotatable bonds is 4. The zero-order valence-corrected chi connectivity index (χ0v) is 11.2. The van der Waals surface area contributed by atoms with Gasteiger partial charge < -0.3 is 10.1 Å². The van der Waals surface area contributed by atoms with E-state index in [4.69, 9.17) is 0 Å². The SMILES string of the molecule is CCC(CC)c1nc(O)c(C2CCCC2)c(=O)[nH]1. The number of nitrogens with zero attached hydrogens (tertiary/aromatic N) is 1. The molecule has 1 aliphatic carbocycles. The summed E-state index contributed by atoms with van der Waals surface area (Å²) in [5.74, 6) is 0.995. The fraction of sp³-hybridized carbons (Fsp3) is 0.714. The summed E-state index contributed by atoms with van der Waals surface area (Å²) in [6.07, 6.45) is 6.09. The van der Waals surface area contributed by atoms with Crippen LogP contribution in [0.2, 0.25) is 0 Å². The van der Waals surface area contributed by atoms with Crippen molar-refractivity contribution in [3.63, 3.8) is 0 Å². The number of hydrogen-bond acceptors (Lipinski definition) is 3. The predicted octanol–water partition coefficient (Wildman–Crippen LogP) is 3.04. The maximum atomic E-state index is 12.1. The van der Waals surface area contributed by atoms with Crippen LogP contribution >= 0.6 is 0 Å². The van der Waals surface area contributed by atoms with Crippen LogP contribution in [0.25, 0.3) is 0 Å². The van der Waals surface area contributed by atoms with Crippen LogP contribution in [0.4, 0.5) is 0 Å². The average molecular weight is 250 g/mol. The van der Waals surface area contributed by atoms with Crippen molar-refractivity contribution in [2.24, 2.45) is 0 Å². The smallest absolute Gasteiger partial charge is 0.258 e. The lowest BCUT2D eigenvalue weighted by molar-refractivity contribution is 0.426. The molecule has 100 valence electrons. The van der Waals surface area contributed by atoms with E-state index in [-0.39, 0.29) is 23.3 Å². The molecule has 1 fully saturated rings. The van der Waals surface area contributed by atoms with Crippen LogP contribution < -0.4 is 5.56 Å². The van der Waals surface area contributed by atoms with E-state index in [9.17, 15) is 9.90 Å². The summed E-state index contributed by atoms with van der Waals surface area (Å²) in [7, 11) is 0. The number of nitrogens with one attached hydrogen (secondary N) is 1. The molecule has 1 aromatic heterocycles. The Labute approximate surface area is 107 Å². The zero-order valence-electron chi connectivity index (χ0n) is 11.2. The molecule has 0 saturated heterocycles. The summed E-state index contributed by atoms with van der Waals surface area (Å²) in [5, 5.41) is 10.0. The van der Waals surface area contributed by atoms with Crippen molar-refractivity contribution < 1.29 is 5.11 Å². The van der Waals surface area contributed by atoms with E-state index in [2.05, 4.69) is 23.8 Å². The van der Waals surface area contributed by atoms with Gasteiger partial charge in [0.2, 0.25) is 5.88 Å². The molecule has 2 rings (SSSR count). The third-order valence-electron chi connectivity index (χ3n) is 4.09. The minimum Gasteiger partial charge on any atom is -0.493 e. The van der Waals surface area contributed by atoms with Gasteiger partial charge in [0.15, 0.2) is 0 Å².